The molecule has 7 nitrogen and oxygen atoms in total. The fraction of sp³-hybridized carbons (Fsp3) is 0.786. The zero-order valence-corrected chi connectivity index (χ0v) is 12.5. The number of hydrogen-bond acceptors (Lipinski definition) is 3. The van der Waals surface area contributed by atoms with Crippen molar-refractivity contribution < 1.29 is 19.5 Å². The minimum absolute atomic E-state index is 0.0340. The minimum atomic E-state index is -0.981. The number of likely N-dealkylation sites (N-methyl/N-ethyl adjacent to an activating group) is 1. The summed E-state index contributed by atoms with van der Waals surface area (Å²) in [6, 6.07) is -0.931. The van der Waals surface area contributed by atoms with E-state index in [1.54, 1.807) is 0 Å². The molecule has 0 aromatic rings. The summed E-state index contributed by atoms with van der Waals surface area (Å²) >= 11 is 0. The molecule has 7 heteroatoms. The molecule has 0 radical (unpaired) electrons. The lowest BCUT2D eigenvalue weighted by atomic mass is 9.93. The molecule has 2 atom stereocenters. The van der Waals surface area contributed by atoms with E-state index in [0.29, 0.717) is 18.9 Å². The maximum atomic E-state index is 12.4. The number of carboxylic acids is 1. The predicted molar refractivity (Wildman–Crippen MR) is 75.7 cm³/mol. The third-order valence-corrected chi connectivity index (χ3v) is 4.05. The summed E-state index contributed by atoms with van der Waals surface area (Å²) in [4.78, 5) is 38.1. The van der Waals surface area contributed by atoms with Gasteiger partial charge in [0.05, 0.1) is 0 Å². The van der Waals surface area contributed by atoms with E-state index in [1.807, 2.05) is 6.92 Å². The number of piperidine rings is 1. The van der Waals surface area contributed by atoms with Crippen LogP contribution in [0.4, 0.5) is 4.79 Å². The maximum Gasteiger partial charge on any atom is 0.326 e. The molecule has 0 spiro atoms. The van der Waals surface area contributed by atoms with Crippen LogP contribution < -0.4 is 5.32 Å². The van der Waals surface area contributed by atoms with Gasteiger partial charge in [-0.25, -0.2) is 9.59 Å². The van der Waals surface area contributed by atoms with Crippen LogP contribution in [0.1, 0.15) is 32.6 Å². The monoisotopic (exact) mass is 297 g/mol. The molecule has 2 aliphatic rings. The number of amides is 3. The van der Waals surface area contributed by atoms with Crippen LogP contribution in [0.15, 0.2) is 0 Å². The topological polar surface area (TPSA) is 90.0 Å². The molecule has 0 aromatic carbocycles. The highest BCUT2D eigenvalue weighted by Crippen LogP contribution is 2.23. The van der Waals surface area contributed by atoms with E-state index in [4.69, 9.17) is 0 Å². The Morgan fingerprint density at radius 2 is 1.95 bits per heavy atom. The normalized spacial score (nSPS) is 25.3. The molecule has 1 aliphatic heterocycles. The average molecular weight is 297 g/mol. The molecular formula is C14H23N3O4. The predicted octanol–water partition coefficient (Wildman–Crippen LogP) is 0.502. The van der Waals surface area contributed by atoms with Gasteiger partial charge >= 0.3 is 12.0 Å². The van der Waals surface area contributed by atoms with Crippen LogP contribution in [0, 0.1) is 5.92 Å². The van der Waals surface area contributed by atoms with Gasteiger partial charge in [-0.2, -0.15) is 0 Å². The van der Waals surface area contributed by atoms with Crippen LogP contribution >= 0.6 is 0 Å². The smallest absolute Gasteiger partial charge is 0.326 e. The van der Waals surface area contributed by atoms with Crippen molar-refractivity contribution in [1.29, 1.82) is 0 Å². The van der Waals surface area contributed by atoms with Crippen LogP contribution in [-0.4, -0.2) is 65.0 Å². The molecule has 0 bridgehead atoms. The second kappa shape index (κ2) is 6.32. The van der Waals surface area contributed by atoms with Crippen molar-refractivity contribution >= 4 is 17.9 Å². The van der Waals surface area contributed by atoms with Crippen molar-refractivity contribution in [1.82, 2.24) is 15.1 Å². The fourth-order valence-electron chi connectivity index (χ4n) is 2.61. The third-order valence-electron chi connectivity index (χ3n) is 4.05. The molecule has 2 rings (SSSR count). The lowest BCUT2D eigenvalue weighted by Gasteiger charge is -2.37. The second-order valence-electron chi connectivity index (χ2n) is 6.16. The maximum absolute atomic E-state index is 12.4. The first kappa shape index (κ1) is 15.6. The summed E-state index contributed by atoms with van der Waals surface area (Å²) in [5.74, 6) is -0.880. The van der Waals surface area contributed by atoms with E-state index in [1.165, 1.54) is 16.8 Å². The molecule has 2 unspecified atom stereocenters. The summed E-state index contributed by atoms with van der Waals surface area (Å²) in [5.41, 5.74) is 0. The fourth-order valence-corrected chi connectivity index (χ4v) is 2.61. The zero-order chi connectivity index (χ0) is 15.6. The highest BCUT2D eigenvalue weighted by molar-refractivity contribution is 5.87. The standard InChI is InChI=1S/C14H23N3O4/c1-9-5-6-17(11(7-9)13(19)20)14(21)16(2)8-12(18)15-10-3-4-10/h9-11H,3-8H2,1-2H3,(H,15,18)(H,19,20). The van der Waals surface area contributed by atoms with Crippen molar-refractivity contribution in [3.05, 3.63) is 0 Å². The van der Waals surface area contributed by atoms with Crippen LogP contribution in [0.3, 0.4) is 0 Å². The van der Waals surface area contributed by atoms with Gasteiger partial charge in [0, 0.05) is 19.6 Å². The van der Waals surface area contributed by atoms with Gasteiger partial charge in [0.2, 0.25) is 5.91 Å². The molecule has 1 aliphatic carbocycles. The Morgan fingerprint density at radius 3 is 2.52 bits per heavy atom. The first-order chi connectivity index (χ1) is 9.88. The molecular weight excluding hydrogens is 274 g/mol. The quantitative estimate of drug-likeness (QED) is 0.791. The van der Waals surface area contributed by atoms with E-state index < -0.39 is 12.0 Å². The summed E-state index contributed by atoms with van der Waals surface area (Å²) in [6.45, 7) is 2.38. The van der Waals surface area contributed by atoms with Crippen molar-refractivity contribution in [2.24, 2.45) is 5.92 Å². The van der Waals surface area contributed by atoms with Gasteiger partial charge in [-0.3, -0.25) is 4.79 Å². The highest BCUT2D eigenvalue weighted by atomic mass is 16.4. The van der Waals surface area contributed by atoms with E-state index >= 15 is 0 Å². The van der Waals surface area contributed by atoms with Crippen LogP contribution in [0.25, 0.3) is 0 Å². The van der Waals surface area contributed by atoms with Gasteiger partial charge in [0.15, 0.2) is 0 Å². The summed E-state index contributed by atoms with van der Waals surface area (Å²) < 4.78 is 0. The largest absolute Gasteiger partial charge is 0.480 e. The number of carboxylic acid groups (broad SMARTS) is 1. The van der Waals surface area contributed by atoms with Crippen molar-refractivity contribution in [3.63, 3.8) is 0 Å². The Labute approximate surface area is 124 Å². The van der Waals surface area contributed by atoms with Crippen LogP contribution in [0.5, 0.6) is 0 Å². The van der Waals surface area contributed by atoms with E-state index in [9.17, 15) is 19.5 Å². The van der Waals surface area contributed by atoms with Gasteiger partial charge < -0.3 is 20.2 Å². The lowest BCUT2D eigenvalue weighted by Crippen LogP contribution is -2.54. The molecule has 0 aromatic heterocycles. The molecule has 1 saturated carbocycles. The van der Waals surface area contributed by atoms with Gasteiger partial charge in [-0.15, -0.1) is 0 Å². The summed E-state index contributed by atoms with van der Waals surface area (Å²) in [6.07, 6.45) is 3.24. The van der Waals surface area contributed by atoms with Crippen molar-refractivity contribution in [2.75, 3.05) is 20.1 Å². The number of nitrogens with zero attached hydrogens (tertiary/aromatic N) is 2. The number of hydrogen-bond donors (Lipinski definition) is 2. The molecule has 21 heavy (non-hydrogen) atoms. The van der Waals surface area contributed by atoms with Gasteiger partial charge in [-0.1, -0.05) is 6.92 Å². The SMILES string of the molecule is CC1CCN(C(=O)N(C)CC(=O)NC2CC2)C(C(=O)O)C1. The Balaban J connectivity index is 1.92. The number of rotatable bonds is 4. The van der Waals surface area contributed by atoms with Crippen LogP contribution in [-0.2, 0) is 9.59 Å². The van der Waals surface area contributed by atoms with E-state index in [-0.39, 0.29) is 24.5 Å². The zero-order valence-electron chi connectivity index (χ0n) is 12.5. The highest BCUT2D eigenvalue weighted by Gasteiger charge is 2.36. The van der Waals surface area contributed by atoms with E-state index in [2.05, 4.69) is 5.32 Å². The van der Waals surface area contributed by atoms with Gasteiger partial charge in [0.1, 0.15) is 12.6 Å². The Morgan fingerprint density at radius 1 is 1.29 bits per heavy atom. The lowest BCUT2D eigenvalue weighted by molar-refractivity contribution is -0.144. The molecule has 3 amide bonds. The third kappa shape index (κ3) is 4.09. The first-order valence-corrected chi connectivity index (χ1v) is 7.42. The average Bonchev–Trinajstić information content (AvgIpc) is 3.21. The number of nitrogens with one attached hydrogen (secondary N) is 1. The number of carbonyl (C=O) groups is 3. The summed E-state index contributed by atoms with van der Waals surface area (Å²) in [5, 5.41) is 12.1. The Hall–Kier alpha value is -1.79. The van der Waals surface area contributed by atoms with Crippen molar-refractivity contribution in [3.8, 4) is 0 Å². The molecule has 1 saturated heterocycles. The Bertz CT molecular complexity index is 436. The molecule has 118 valence electrons. The number of aliphatic carboxylic acids is 1. The van der Waals surface area contributed by atoms with Crippen molar-refractivity contribution in [2.45, 2.75) is 44.7 Å². The Kier molecular flexibility index (Phi) is 4.69. The first-order valence-electron chi connectivity index (χ1n) is 7.42. The molecule has 2 fully saturated rings. The van der Waals surface area contributed by atoms with E-state index in [0.717, 1.165) is 19.3 Å². The van der Waals surface area contributed by atoms with Gasteiger partial charge in [-0.05, 0) is 31.6 Å². The molecule has 1 heterocycles. The second-order valence-corrected chi connectivity index (χ2v) is 6.16. The summed E-state index contributed by atoms with van der Waals surface area (Å²) in [7, 11) is 1.53. The molecule has 2 N–H and O–H groups in total. The van der Waals surface area contributed by atoms with Crippen LogP contribution in [0.2, 0.25) is 0 Å². The van der Waals surface area contributed by atoms with Gasteiger partial charge in [0.25, 0.3) is 0 Å². The number of urea groups is 1. The number of carbonyl (C=O) groups excluding carboxylic acids is 2. The minimum Gasteiger partial charge on any atom is -0.480 e. The number of likely N-dealkylation sites (tertiary alicyclic amines) is 1.